The highest BCUT2D eigenvalue weighted by Crippen LogP contribution is 2.49. The molecular formula is C30H29ClN4O2S. The van der Waals surface area contributed by atoms with E-state index >= 15 is 0 Å². The molecule has 0 radical (unpaired) electrons. The predicted octanol–water partition coefficient (Wildman–Crippen LogP) is 6.19. The Morgan fingerprint density at radius 2 is 1.74 bits per heavy atom. The van der Waals surface area contributed by atoms with Crippen LogP contribution in [-0.2, 0) is 9.59 Å². The highest BCUT2D eigenvalue weighted by atomic mass is 35.5. The summed E-state index contributed by atoms with van der Waals surface area (Å²) in [6, 6.07) is 25.6. The van der Waals surface area contributed by atoms with Gasteiger partial charge in [0.2, 0.25) is 11.8 Å². The number of hydrogen-bond donors (Lipinski definition) is 1. The van der Waals surface area contributed by atoms with Crippen LogP contribution in [-0.4, -0.2) is 39.9 Å². The number of fused-ring (bicyclic) bond motifs is 1. The first-order valence-electron chi connectivity index (χ1n) is 12.5. The molecule has 1 N–H and O–H groups in total. The van der Waals surface area contributed by atoms with Crippen molar-refractivity contribution in [3.8, 4) is 16.9 Å². The molecule has 1 aromatic heterocycles. The number of carbonyl (C=O) groups excluding carboxylic acids is 2. The lowest BCUT2D eigenvalue weighted by molar-refractivity contribution is -0.123. The molecule has 6 nitrogen and oxygen atoms in total. The Balaban J connectivity index is 1.81. The van der Waals surface area contributed by atoms with Crippen LogP contribution in [0.5, 0.6) is 0 Å². The number of aryl methyl sites for hydroxylation is 1. The van der Waals surface area contributed by atoms with Crippen LogP contribution in [0.25, 0.3) is 16.9 Å². The first-order valence-corrected chi connectivity index (χ1v) is 14.0. The van der Waals surface area contributed by atoms with E-state index in [2.05, 4.69) is 5.32 Å². The van der Waals surface area contributed by atoms with Gasteiger partial charge in [0.1, 0.15) is 12.4 Å². The van der Waals surface area contributed by atoms with Crippen LogP contribution in [0.1, 0.15) is 35.8 Å². The van der Waals surface area contributed by atoms with Gasteiger partial charge in [-0.05, 0) is 44.5 Å². The second kappa shape index (κ2) is 11.1. The molecular weight excluding hydrogens is 516 g/mol. The van der Waals surface area contributed by atoms with Crippen LogP contribution >= 0.6 is 23.4 Å². The van der Waals surface area contributed by atoms with Gasteiger partial charge in [-0.1, -0.05) is 77.8 Å². The number of nitrogens with zero attached hydrogens (tertiary/aromatic N) is 3. The number of thioether (sulfide) groups is 1. The molecule has 0 aliphatic carbocycles. The number of carbonyl (C=O) groups is 2. The van der Waals surface area contributed by atoms with E-state index in [1.54, 1.807) is 9.58 Å². The summed E-state index contributed by atoms with van der Waals surface area (Å²) in [6.07, 6.45) is 0. The number of hydrogen-bond acceptors (Lipinski definition) is 4. The van der Waals surface area contributed by atoms with Crippen LogP contribution in [0.2, 0.25) is 5.02 Å². The molecule has 1 aliphatic rings. The standard InChI is InChI=1S/C30H29ClN4O2S/c1-19(2)32-25(36)17-34-26(37)18-38-29(23-11-7-8-12-24(23)31)27-28(21-9-5-4-6-10-21)33-35(30(27)34)22-15-13-20(3)14-16-22/h4-16,19,29H,17-18H2,1-3H3,(H,32,36). The summed E-state index contributed by atoms with van der Waals surface area (Å²) in [6.45, 7) is 5.73. The highest BCUT2D eigenvalue weighted by molar-refractivity contribution is 8.00. The number of aromatic nitrogens is 2. The van der Waals surface area contributed by atoms with Crippen molar-refractivity contribution in [3.05, 3.63) is 101 Å². The van der Waals surface area contributed by atoms with Crippen LogP contribution < -0.4 is 10.2 Å². The number of amides is 2. The predicted molar refractivity (Wildman–Crippen MR) is 155 cm³/mol. The average Bonchev–Trinajstić information content (AvgIpc) is 3.22. The third-order valence-electron chi connectivity index (χ3n) is 6.35. The highest BCUT2D eigenvalue weighted by Gasteiger charge is 2.38. The zero-order chi connectivity index (χ0) is 26.8. The van der Waals surface area contributed by atoms with E-state index in [0.29, 0.717) is 10.8 Å². The maximum Gasteiger partial charge on any atom is 0.240 e. The molecule has 3 aromatic carbocycles. The lowest BCUT2D eigenvalue weighted by Gasteiger charge is -2.24. The first-order chi connectivity index (χ1) is 18.3. The van der Waals surface area contributed by atoms with Crippen molar-refractivity contribution in [2.45, 2.75) is 32.1 Å². The molecule has 194 valence electrons. The van der Waals surface area contributed by atoms with E-state index in [4.69, 9.17) is 16.7 Å². The van der Waals surface area contributed by atoms with Gasteiger partial charge < -0.3 is 5.32 Å². The van der Waals surface area contributed by atoms with E-state index in [1.165, 1.54) is 11.8 Å². The minimum absolute atomic E-state index is 0.0452. The molecule has 1 atom stereocenters. The van der Waals surface area contributed by atoms with Crippen LogP contribution in [0, 0.1) is 6.92 Å². The van der Waals surface area contributed by atoms with Gasteiger partial charge in [-0.15, -0.1) is 11.8 Å². The normalized spacial score (nSPS) is 15.3. The van der Waals surface area contributed by atoms with Gasteiger partial charge in [-0.3, -0.25) is 14.5 Å². The summed E-state index contributed by atoms with van der Waals surface area (Å²) in [5.41, 5.74) is 5.36. The Morgan fingerprint density at radius 3 is 2.42 bits per heavy atom. The maximum atomic E-state index is 13.7. The molecule has 1 aliphatic heterocycles. The molecule has 2 heterocycles. The minimum Gasteiger partial charge on any atom is -0.352 e. The summed E-state index contributed by atoms with van der Waals surface area (Å²) in [7, 11) is 0. The molecule has 0 saturated carbocycles. The van der Waals surface area contributed by atoms with Crippen LogP contribution in [0.15, 0.2) is 78.9 Å². The number of benzene rings is 3. The molecule has 4 aromatic rings. The lowest BCUT2D eigenvalue weighted by Crippen LogP contribution is -2.44. The average molecular weight is 545 g/mol. The molecule has 0 fully saturated rings. The summed E-state index contributed by atoms with van der Waals surface area (Å²) in [5, 5.41) is 8.38. The van der Waals surface area contributed by atoms with Crippen molar-refractivity contribution < 1.29 is 9.59 Å². The van der Waals surface area contributed by atoms with E-state index in [1.807, 2.05) is 99.6 Å². The van der Waals surface area contributed by atoms with E-state index in [-0.39, 0.29) is 35.4 Å². The number of anilines is 1. The van der Waals surface area contributed by atoms with E-state index in [0.717, 1.165) is 33.6 Å². The Hall–Kier alpha value is -3.55. The molecule has 2 amide bonds. The van der Waals surface area contributed by atoms with Gasteiger partial charge in [0.05, 0.1) is 22.4 Å². The van der Waals surface area contributed by atoms with Crippen molar-refractivity contribution in [1.29, 1.82) is 0 Å². The van der Waals surface area contributed by atoms with Gasteiger partial charge in [0, 0.05) is 22.2 Å². The molecule has 1 unspecified atom stereocenters. The molecule has 8 heteroatoms. The van der Waals surface area contributed by atoms with E-state index in [9.17, 15) is 9.59 Å². The fourth-order valence-corrected chi connectivity index (χ4v) is 6.18. The first kappa shape index (κ1) is 26.1. The van der Waals surface area contributed by atoms with Gasteiger partial charge in [-0.25, -0.2) is 4.68 Å². The third kappa shape index (κ3) is 5.22. The summed E-state index contributed by atoms with van der Waals surface area (Å²) in [4.78, 5) is 28.3. The summed E-state index contributed by atoms with van der Waals surface area (Å²) < 4.78 is 1.80. The second-order valence-electron chi connectivity index (χ2n) is 9.61. The third-order valence-corrected chi connectivity index (χ3v) is 7.93. The SMILES string of the molecule is Cc1ccc(-n2nc(-c3ccccc3)c3c2N(CC(=O)NC(C)C)C(=O)CSC3c2ccccc2Cl)cc1. The monoisotopic (exact) mass is 544 g/mol. The Bertz CT molecular complexity index is 1470. The molecule has 0 bridgehead atoms. The number of nitrogens with one attached hydrogen (secondary N) is 1. The topological polar surface area (TPSA) is 67.2 Å². The minimum atomic E-state index is -0.268. The summed E-state index contributed by atoms with van der Waals surface area (Å²) >= 11 is 8.23. The van der Waals surface area contributed by atoms with Crippen molar-refractivity contribution in [3.63, 3.8) is 0 Å². The molecule has 38 heavy (non-hydrogen) atoms. The van der Waals surface area contributed by atoms with Gasteiger partial charge in [0.25, 0.3) is 0 Å². The second-order valence-corrected chi connectivity index (χ2v) is 11.1. The lowest BCUT2D eigenvalue weighted by atomic mass is 9.99. The van der Waals surface area contributed by atoms with Gasteiger partial charge in [-0.2, -0.15) is 5.10 Å². The largest absolute Gasteiger partial charge is 0.352 e. The Kier molecular flexibility index (Phi) is 7.58. The zero-order valence-electron chi connectivity index (χ0n) is 21.5. The fourth-order valence-electron chi connectivity index (χ4n) is 4.64. The smallest absolute Gasteiger partial charge is 0.240 e. The summed E-state index contributed by atoms with van der Waals surface area (Å²) in [5.74, 6) is 0.407. The van der Waals surface area contributed by atoms with Crippen molar-refractivity contribution in [1.82, 2.24) is 15.1 Å². The van der Waals surface area contributed by atoms with Crippen LogP contribution in [0.4, 0.5) is 5.82 Å². The maximum absolute atomic E-state index is 13.7. The fraction of sp³-hybridized carbons (Fsp3) is 0.233. The van der Waals surface area contributed by atoms with Crippen LogP contribution in [0.3, 0.4) is 0 Å². The van der Waals surface area contributed by atoms with Crippen molar-refractivity contribution in [2.24, 2.45) is 0 Å². The van der Waals surface area contributed by atoms with Crippen molar-refractivity contribution >= 4 is 41.0 Å². The Morgan fingerprint density at radius 1 is 1.05 bits per heavy atom. The quantitative estimate of drug-likeness (QED) is 0.314. The van der Waals surface area contributed by atoms with Crippen molar-refractivity contribution in [2.75, 3.05) is 17.2 Å². The molecule has 0 saturated heterocycles. The number of halogens is 1. The van der Waals surface area contributed by atoms with Gasteiger partial charge in [0.15, 0.2) is 0 Å². The van der Waals surface area contributed by atoms with E-state index < -0.39 is 0 Å². The van der Waals surface area contributed by atoms with Gasteiger partial charge >= 0.3 is 0 Å². The zero-order valence-corrected chi connectivity index (χ0v) is 23.1. The number of rotatable bonds is 6. The molecule has 0 spiro atoms. The Labute approximate surface area is 232 Å². The molecule has 5 rings (SSSR count).